The first-order valence-corrected chi connectivity index (χ1v) is 10.8. The average molecular weight is 428 g/mol. The second-order valence-corrected chi connectivity index (χ2v) is 8.17. The molecule has 5 nitrogen and oxygen atoms in total. The summed E-state index contributed by atoms with van der Waals surface area (Å²) in [5.41, 5.74) is 2.64. The third-order valence-corrected chi connectivity index (χ3v) is 6.18. The van der Waals surface area contributed by atoms with E-state index in [0.717, 1.165) is 48.1 Å². The van der Waals surface area contributed by atoms with E-state index in [1.165, 1.54) is 11.3 Å². The normalized spacial score (nSPS) is 14.6. The van der Waals surface area contributed by atoms with Crippen molar-refractivity contribution in [1.82, 2.24) is 9.88 Å². The van der Waals surface area contributed by atoms with Crippen LogP contribution in [0.2, 0.25) is 5.02 Å². The minimum absolute atomic E-state index is 0.00181. The van der Waals surface area contributed by atoms with E-state index in [0.29, 0.717) is 17.3 Å². The van der Waals surface area contributed by atoms with Gasteiger partial charge in [-0.2, -0.15) is 0 Å². The van der Waals surface area contributed by atoms with Gasteiger partial charge in [0.15, 0.2) is 0 Å². The van der Waals surface area contributed by atoms with Gasteiger partial charge in [0.25, 0.3) is 5.91 Å². The predicted molar refractivity (Wildman–Crippen MR) is 118 cm³/mol. The van der Waals surface area contributed by atoms with Crippen LogP contribution in [-0.2, 0) is 0 Å². The van der Waals surface area contributed by atoms with Gasteiger partial charge in [0.1, 0.15) is 16.5 Å². The summed E-state index contributed by atoms with van der Waals surface area (Å²) in [6.45, 7) is 3.13. The number of carbonyl (C=O) groups excluding carboxylic acids is 1. The summed E-state index contributed by atoms with van der Waals surface area (Å²) in [6, 6.07) is 15.6. The Hall–Kier alpha value is -2.57. The van der Waals surface area contributed by atoms with Crippen LogP contribution in [0.25, 0.3) is 10.6 Å². The quantitative estimate of drug-likeness (QED) is 0.598. The molecule has 29 heavy (non-hydrogen) atoms. The first kappa shape index (κ1) is 19.7. The minimum atomic E-state index is -0.00181. The summed E-state index contributed by atoms with van der Waals surface area (Å²) >= 11 is 7.44. The number of anilines is 1. The van der Waals surface area contributed by atoms with E-state index in [4.69, 9.17) is 16.3 Å². The van der Waals surface area contributed by atoms with Crippen molar-refractivity contribution >= 4 is 34.5 Å². The average Bonchev–Trinajstić information content (AvgIpc) is 3.12. The zero-order valence-corrected chi connectivity index (χ0v) is 17.7. The van der Waals surface area contributed by atoms with Gasteiger partial charge in [0.2, 0.25) is 0 Å². The van der Waals surface area contributed by atoms with E-state index in [-0.39, 0.29) is 5.91 Å². The van der Waals surface area contributed by atoms with Gasteiger partial charge in [0, 0.05) is 47.8 Å². The molecular weight excluding hydrogens is 406 g/mol. The molecule has 1 aliphatic heterocycles. The van der Waals surface area contributed by atoms with E-state index in [1.807, 2.05) is 46.7 Å². The number of ether oxygens (including phenoxy) is 1. The maximum atomic E-state index is 13.0. The van der Waals surface area contributed by atoms with Crippen molar-refractivity contribution in [3.8, 4) is 16.3 Å². The van der Waals surface area contributed by atoms with Gasteiger partial charge in [0.05, 0.1) is 7.11 Å². The van der Waals surface area contributed by atoms with Gasteiger partial charge in [-0.1, -0.05) is 23.7 Å². The Morgan fingerprint density at radius 3 is 2.52 bits per heavy atom. The standard InChI is InChI=1S/C22H22ClN3O2S/c1-28-19-9-7-18(8-10-19)25-11-2-12-26(14-13-25)22(27)20-15-29-21(24-20)16-3-5-17(23)6-4-16/h3-10,15H,2,11-14H2,1H3. The maximum Gasteiger partial charge on any atom is 0.273 e. The zero-order valence-electron chi connectivity index (χ0n) is 16.2. The van der Waals surface area contributed by atoms with Crippen LogP contribution in [0.3, 0.4) is 0 Å². The Kier molecular flexibility index (Phi) is 6.02. The molecule has 1 aromatic heterocycles. The summed E-state index contributed by atoms with van der Waals surface area (Å²) in [5.74, 6) is 0.846. The molecule has 1 aliphatic rings. The lowest BCUT2D eigenvalue weighted by atomic mass is 10.2. The number of amides is 1. The van der Waals surface area contributed by atoms with Crippen LogP contribution in [0, 0.1) is 0 Å². The molecule has 4 rings (SSSR count). The molecular formula is C22H22ClN3O2S. The van der Waals surface area contributed by atoms with Crippen LogP contribution in [0.5, 0.6) is 5.75 Å². The van der Waals surface area contributed by atoms with Crippen molar-refractivity contribution in [3.05, 3.63) is 64.6 Å². The number of aromatic nitrogens is 1. The fourth-order valence-electron chi connectivity index (χ4n) is 3.43. The van der Waals surface area contributed by atoms with Gasteiger partial charge < -0.3 is 14.5 Å². The molecule has 2 aromatic carbocycles. The van der Waals surface area contributed by atoms with E-state index >= 15 is 0 Å². The van der Waals surface area contributed by atoms with Crippen molar-refractivity contribution in [2.75, 3.05) is 38.2 Å². The number of benzene rings is 2. The Morgan fingerprint density at radius 1 is 1.03 bits per heavy atom. The number of nitrogens with zero attached hydrogens (tertiary/aromatic N) is 3. The zero-order chi connectivity index (χ0) is 20.2. The van der Waals surface area contributed by atoms with E-state index < -0.39 is 0 Å². The van der Waals surface area contributed by atoms with Gasteiger partial charge in [-0.25, -0.2) is 4.98 Å². The van der Waals surface area contributed by atoms with Crippen LogP contribution in [0.15, 0.2) is 53.9 Å². The third kappa shape index (κ3) is 4.54. The first-order chi connectivity index (χ1) is 14.1. The fraction of sp³-hybridized carbons (Fsp3) is 0.273. The van der Waals surface area contributed by atoms with Crippen molar-refractivity contribution in [1.29, 1.82) is 0 Å². The summed E-state index contributed by atoms with van der Waals surface area (Å²) in [6.07, 6.45) is 0.923. The van der Waals surface area contributed by atoms with Crippen molar-refractivity contribution in [2.24, 2.45) is 0 Å². The Labute approximate surface area is 179 Å². The number of hydrogen-bond acceptors (Lipinski definition) is 5. The monoisotopic (exact) mass is 427 g/mol. The molecule has 0 aliphatic carbocycles. The molecule has 0 radical (unpaired) electrons. The number of methoxy groups -OCH3 is 1. The molecule has 7 heteroatoms. The summed E-state index contributed by atoms with van der Waals surface area (Å²) < 4.78 is 5.23. The number of halogens is 1. The molecule has 3 aromatic rings. The molecule has 1 saturated heterocycles. The van der Waals surface area contributed by atoms with E-state index in [1.54, 1.807) is 7.11 Å². The van der Waals surface area contributed by atoms with Gasteiger partial charge in [-0.3, -0.25) is 4.79 Å². The minimum Gasteiger partial charge on any atom is -0.497 e. The van der Waals surface area contributed by atoms with Crippen LogP contribution in [0.1, 0.15) is 16.9 Å². The molecule has 0 saturated carbocycles. The molecule has 0 unspecified atom stereocenters. The number of thiazole rings is 1. The molecule has 0 atom stereocenters. The second kappa shape index (κ2) is 8.84. The Bertz CT molecular complexity index is 972. The Balaban J connectivity index is 1.42. The van der Waals surface area contributed by atoms with E-state index in [9.17, 15) is 4.79 Å². The highest BCUT2D eigenvalue weighted by atomic mass is 35.5. The second-order valence-electron chi connectivity index (χ2n) is 6.88. The molecule has 2 heterocycles. The number of hydrogen-bond donors (Lipinski definition) is 0. The molecule has 150 valence electrons. The summed E-state index contributed by atoms with van der Waals surface area (Å²) in [5, 5.41) is 3.37. The lowest BCUT2D eigenvalue weighted by Gasteiger charge is -2.23. The SMILES string of the molecule is COc1ccc(N2CCCN(C(=O)c3csc(-c4ccc(Cl)cc4)n3)CC2)cc1. The molecule has 1 amide bonds. The third-order valence-electron chi connectivity index (χ3n) is 5.04. The molecule has 0 N–H and O–H groups in total. The maximum absolute atomic E-state index is 13.0. The topological polar surface area (TPSA) is 45.7 Å². The van der Waals surface area contributed by atoms with Crippen LogP contribution in [-0.4, -0.2) is 49.1 Å². The van der Waals surface area contributed by atoms with Crippen LogP contribution in [0.4, 0.5) is 5.69 Å². The number of rotatable bonds is 4. The van der Waals surface area contributed by atoms with Crippen molar-refractivity contribution in [2.45, 2.75) is 6.42 Å². The van der Waals surface area contributed by atoms with Gasteiger partial charge >= 0.3 is 0 Å². The molecule has 0 spiro atoms. The van der Waals surface area contributed by atoms with Crippen molar-refractivity contribution in [3.63, 3.8) is 0 Å². The van der Waals surface area contributed by atoms with Crippen LogP contribution >= 0.6 is 22.9 Å². The molecule has 1 fully saturated rings. The van der Waals surface area contributed by atoms with Crippen molar-refractivity contribution < 1.29 is 9.53 Å². The lowest BCUT2D eigenvalue weighted by Crippen LogP contribution is -2.35. The predicted octanol–water partition coefficient (Wildman–Crippen LogP) is 4.82. The highest BCUT2D eigenvalue weighted by Crippen LogP contribution is 2.26. The Morgan fingerprint density at radius 2 is 1.79 bits per heavy atom. The first-order valence-electron chi connectivity index (χ1n) is 9.54. The largest absolute Gasteiger partial charge is 0.497 e. The summed E-state index contributed by atoms with van der Waals surface area (Å²) in [4.78, 5) is 21.8. The van der Waals surface area contributed by atoms with Gasteiger partial charge in [-0.15, -0.1) is 11.3 Å². The fourth-order valence-corrected chi connectivity index (χ4v) is 4.36. The lowest BCUT2D eigenvalue weighted by molar-refractivity contribution is 0.0762. The molecule has 0 bridgehead atoms. The van der Waals surface area contributed by atoms with Gasteiger partial charge in [-0.05, 0) is 42.8 Å². The highest BCUT2D eigenvalue weighted by Gasteiger charge is 2.22. The smallest absolute Gasteiger partial charge is 0.273 e. The summed E-state index contributed by atoms with van der Waals surface area (Å²) in [7, 11) is 1.67. The van der Waals surface area contributed by atoms with Crippen LogP contribution < -0.4 is 9.64 Å². The van der Waals surface area contributed by atoms with E-state index in [2.05, 4.69) is 22.0 Å². The number of carbonyl (C=O) groups is 1. The highest BCUT2D eigenvalue weighted by molar-refractivity contribution is 7.13.